The molecule has 0 radical (unpaired) electrons. The van der Waals surface area contributed by atoms with Crippen molar-refractivity contribution < 1.29 is 0 Å². The zero-order valence-corrected chi connectivity index (χ0v) is 11.4. The molecular formula is C15H30. The lowest BCUT2D eigenvalue weighted by atomic mass is 9.89. The van der Waals surface area contributed by atoms with Crippen LogP contribution in [0, 0.1) is 17.8 Å². The van der Waals surface area contributed by atoms with Gasteiger partial charge in [0.1, 0.15) is 0 Å². The monoisotopic (exact) mass is 210 g/mol. The second-order valence-electron chi connectivity index (χ2n) is 5.25. The Morgan fingerprint density at radius 1 is 1.13 bits per heavy atom. The third-order valence-corrected chi connectivity index (χ3v) is 3.37. The van der Waals surface area contributed by atoms with Crippen molar-refractivity contribution in [3.05, 3.63) is 12.2 Å². The smallest absolute Gasteiger partial charge is 0.0322 e. The van der Waals surface area contributed by atoms with Gasteiger partial charge in [-0.05, 0) is 30.6 Å². The minimum atomic E-state index is 0.884. The van der Waals surface area contributed by atoms with Gasteiger partial charge in [-0.1, -0.05) is 66.0 Å². The predicted molar refractivity (Wildman–Crippen MR) is 71.1 cm³/mol. The molecule has 0 N–H and O–H groups in total. The normalized spacial score (nSPS) is 17.7. The maximum atomic E-state index is 2.32. The van der Waals surface area contributed by atoms with Crippen molar-refractivity contribution in [2.75, 3.05) is 0 Å². The highest BCUT2D eigenvalue weighted by Crippen LogP contribution is 2.19. The van der Waals surface area contributed by atoms with Crippen LogP contribution in [-0.2, 0) is 0 Å². The average Bonchev–Trinajstić information content (AvgIpc) is 2.66. The Hall–Kier alpha value is -0.260. The fourth-order valence-electron chi connectivity index (χ4n) is 2.13. The highest BCUT2D eigenvalue weighted by molar-refractivity contribution is 4.92. The Morgan fingerprint density at radius 3 is 1.80 bits per heavy atom. The summed E-state index contributed by atoms with van der Waals surface area (Å²) in [5.74, 6) is 2.79. The van der Waals surface area contributed by atoms with Gasteiger partial charge in [-0.15, -0.1) is 0 Å². The van der Waals surface area contributed by atoms with Crippen LogP contribution in [0.3, 0.4) is 0 Å². The van der Waals surface area contributed by atoms with E-state index in [1.165, 1.54) is 32.1 Å². The molecule has 0 nitrogen and oxygen atoms in total. The summed E-state index contributed by atoms with van der Waals surface area (Å²) in [7, 11) is 0. The first kappa shape index (κ1) is 14.7. The van der Waals surface area contributed by atoms with Crippen LogP contribution in [0.15, 0.2) is 12.2 Å². The Balaban J connectivity index is 0.000000280. The molecule has 0 aliphatic heterocycles. The standard InChI is InChI=1S/C9H20.C6H10/c1-5-7-9(6-2)8(3)4;1-6-4-2-3-5-6/h8-9H,5-7H2,1-4H3;2-3,6H,4-5H2,1H3. The highest BCUT2D eigenvalue weighted by Gasteiger charge is 2.08. The lowest BCUT2D eigenvalue weighted by Crippen LogP contribution is -2.06. The van der Waals surface area contributed by atoms with Gasteiger partial charge < -0.3 is 0 Å². The first-order chi connectivity index (χ1) is 7.11. The van der Waals surface area contributed by atoms with Crippen LogP contribution in [0.2, 0.25) is 0 Å². The maximum Gasteiger partial charge on any atom is -0.0322 e. The van der Waals surface area contributed by atoms with Gasteiger partial charge in [0.25, 0.3) is 0 Å². The molecule has 0 amide bonds. The molecule has 1 aliphatic carbocycles. The van der Waals surface area contributed by atoms with Gasteiger partial charge >= 0.3 is 0 Å². The third kappa shape index (κ3) is 7.64. The molecule has 1 aliphatic rings. The van der Waals surface area contributed by atoms with E-state index in [0.717, 1.165) is 17.8 Å². The molecule has 0 aromatic rings. The van der Waals surface area contributed by atoms with Crippen molar-refractivity contribution in [3.63, 3.8) is 0 Å². The molecule has 0 aromatic carbocycles. The number of hydrogen-bond acceptors (Lipinski definition) is 0. The van der Waals surface area contributed by atoms with Gasteiger partial charge in [0.2, 0.25) is 0 Å². The molecule has 15 heavy (non-hydrogen) atoms. The fraction of sp³-hybridized carbons (Fsp3) is 0.867. The molecule has 0 heterocycles. The summed E-state index contributed by atoms with van der Waals surface area (Å²) in [6, 6.07) is 0. The molecular weight excluding hydrogens is 180 g/mol. The third-order valence-electron chi connectivity index (χ3n) is 3.37. The van der Waals surface area contributed by atoms with Crippen LogP contribution < -0.4 is 0 Å². The van der Waals surface area contributed by atoms with E-state index in [9.17, 15) is 0 Å². The molecule has 0 bridgehead atoms. The van der Waals surface area contributed by atoms with Crippen LogP contribution in [0.4, 0.5) is 0 Å². The van der Waals surface area contributed by atoms with Crippen LogP contribution >= 0.6 is 0 Å². The van der Waals surface area contributed by atoms with Crippen molar-refractivity contribution in [2.45, 2.75) is 66.7 Å². The molecule has 90 valence electrons. The van der Waals surface area contributed by atoms with E-state index in [1.54, 1.807) is 0 Å². The van der Waals surface area contributed by atoms with Gasteiger partial charge in [0, 0.05) is 0 Å². The lowest BCUT2D eigenvalue weighted by Gasteiger charge is -2.17. The molecule has 0 saturated heterocycles. The summed E-state index contributed by atoms with van der Waals surface area (Å²) >= 11 is 0. The SMILES string of the molecule is CC1CC=CC1.CCCC(CC)C(C)C. The van der Waals surface area contributed by atoms with E-state index in [4.69, 9.17) is 0 Å². The molecule has 1 unspecified atom stereocenters. The Bertz CT molecular complexity index is 147. The van der Waals surface area contributed by atoms with Crippen molar-refractivity contribution in [1.82, 2.24) is 0 Å². The maximum absolute atomic E-state index is 2.32. The zero-order valence-electron chi connectivity index (χ0n) is 11.4. The minimum Gasteiger partial charge on any atom is -0.0883 e. The van der Waals surface area contributed by atoms with Gasteiger partial charge in [-0.2, -0.15) is 0 Å². The van der Waals surface area contributed by atoms with Crippen LogP contribution in [0.25, 0.3) is 0 Å². The number of allylic oxidation sites excluding steroid dienone is 2. The van der Waals surface area contributed by atoms with Gasteiger partial charge in [-0.25, -0.2) is 0 Å². The van der Waals surface area contributed by atoms with Crippen molar-refractivity contribution in [1.29, 1.82) is 0 Å². The van der Waals surface area contributed by atoms with E-state index in [0.29, 0.717) is 0 Å². The summed E-state index contributed by atoms with van der Waals surface area (Å²) in [6.45, 7) is 11.5. The van der Waals surface area contributed by atoms with E-state index in [1.807, 2.05) is 0 Å². The molecule has 1 atom stereocenters. The number of rotatable bonds is 4. The molecule has 0 fully saturated rings. The largest absolute Gasteiger partial charge is 0.0883 e. The highest BCUT2D eigenvalue weighted by atomic mass is 14.1. The molecule has 0 heteroatoms. The first-order valence-electron chi connectivity index (χ1n) is 6.76. The van der Waals surface area contributed by atoms with Gasteiger partial charge in [0.15, 0.2) is 0 Å². The van der Waals surface area contributed by atoms with E-state index < -0.39 is 0 Å². The second-order valence-corrected chi connectivity index (χ2v) is 5.25. The van der Waals surface area contributed by atoms with E-state index >= 15 is 0 Å². The average molecular weight is 210 g/mol. The summed E-state index contributed by atoms with van der Waals surface area (Å²) in [4.78, 5) is 0. The second kappa shape index (κ2) is 9.00. The van der Waals surface area contributed by atoms with Crippen LogP contribution in [-0.4, -0.2) is 0 Å². The van der Waals surface area contributed by atoms with Crippen molar-refractivity contribution >= 4 is 0 Å². The van der Waals surface area contributed by atoms with Crippen LogP contribution in [0.1, 0.15) is 66.7 Å². The molecule has 1 rings (SSSR count). The van der Waals surface area contributed by atoms with Crippen LogP contribution in [0.5, 0.6) is 0 Å². The molecule has 0 aromatic heterocycles. The predicted octanol–water partition coefficient (Wildman–Crippen LogP) is 5.44. The summed E-state index contributed by atoms with van der Waals surface area (Å²) in [6.07, 6.45) is 11.2. The van der Waals surface area contributed by atoms with Gasteiger partial charge in [0.05, 0.1) is 0 Å². The molecule has 0 spiro atoms. The van der Waals surface area contributed by atoms with Crippen molar-refractivity contribution in [3.8, 4) is 0 Å². The molecule has 0 saturated carbocycles. The van der Waals surface area contributed by atoms with Crippen molar-refractivity contribution in [2.24, 2.45) is 17.8 Å². The first-order valence-corrected chi connectivity index (χ1v) is 6.76. The topological polar surface area (TPSA) is 0 Å². The Labute approximate surface area is 97.2 Å². The summed E-state index contributed by atoms with van der Waals surface area (Å²) in [5.41, 5.74) is 0. The van der Waals surface area contributed by atoms with Gasteiger partial charge in [-0.3, -0.25) is 0 Å². The van der Waals surface area contributed by atoms with E-state index in [2.05, 4.69) is 46.8 Å². The zero-order chi connectivity index (χ0) is 11.7. The number of hydrogen-bond donors (Lipinski definition) is 0. The Kier molecular flexibility index (Phi) is 8.85. The van der Waals surface area contributed by atoms with E-state index in [-0.39, 0.29) is 0 Å². The quantitative estimate of drug-likeness (QED) is 0.542. The fourth-order valence-corrected chi connectivity index (χ4v) is 2.13. The lowest BCUT2D eigenvalue weighted by molar-refractivity contribution is 0.346. The minimum absolute atomic E-state index is 0.884. The summed E-state index contributed by atoms with van der Waals surface area (Å²) in [5, 5.41) is 0. The Morgan fingerprint density at radius 2 is 1.67 bits per heavy atom. The summed E-state index contributed by atoms with van der Waals surface area (Å²) < 4.78 is 0.